The fraction of sp³-hybridized carbons (Fsp3) is 0.733. The van der Waals surface area contributed by atoms with E-state index in [1.807, 2.05) is 19.0 Å². The minimum Gasteiger partial charge on any atom is -0.356 e. The Kier molecular flexibility index (Phi) is 4.61. The molecule has 0 aromatic carbocycles. The van der Waals surface area contributed by atoms with Crippen molar-refractivity contribution in [2.75, 3.05) is 33.2 Å². The second-order valence-electron chi connectivity index (χ2n) is 6.52. The highest BCUT2D eigenvalue weighted by Crippen LogP contribution is 2.24. The van der Waals surface area contributed by atoms with Crippen LogP contribution in [-0.4, -0.2) is 75.6 Å². The van der Waals surface area contributed by atoms with E-state index in [1.165, 1.54) is 6.33 Å². The molecule has 2 amide bonds. The summed E-state index contributed by atoms with van der Waals surface area (Å²) in [6.45, 7) is 2.99. The Balaban J connectivity index is 1.39. The van der Waals surface area contributed by atoms with Crippen LogP contribution in [0.15, 0.2) is 6.33 Å². The van der Waals surface area contributed by atoms with Crippen molar-refractivity contribution in [1.29, 1.82) is 0 Å². The van der Waals surface area contributed by atoms with Gasteiger partial charge in [-0.1, -0.05) is 0 Å². The van der Waals surface area contributed by atoms with Crippen LogP contribution < -0.4 is 5.32 Å². The first-order valence-electron chi connectivity index (χ1n) is 8.13. The highest BCUT2D eigenvalue weighted by atomic mass is 16.2. The normalized spacial score (nSPS) is 22.4. The maximum Gasteiger partial charge on any atom is 0.225 e. The van der Waals surface area contributed by atoms with E-state index >= 15 is 0 Å². The Bertz CT molecular complexity index is 580. The molecule has 126 valence electrons. The summed E-state index contributed by atoms with van der Waals surface area (Å²) in [7, 11) is 3.90. The van der Waals surface area contributed by atoms with E-state index in [1.54, 1.807) is 4.68 Å². The van der Waals surface area contributed by atoms with Crippen LogP contribution in [0.25, 0.3) is 0 Å². The van der Waals surface area contributed by atoms with Crippen LogP contribution in [0, 0.1) is 5.92 Å². The second-order valence-corrected chi connectivity index (χ2v) is 6.52. The summed E-state index contributed by atoms with van der Waals surface area (Å²) in [6.07, 6.45) is 3.47. The summed E-state index contributed by atoms with van der Waals surface area (Å²) in [5.41, 5.74) is 0. The van der Waals surface area contributed by atoms with Gasteiger partial charge in [-0.25, -0.2) is 4.98 Å². The van der Waals surface area contributed by atoms with Gasteiger partial charge in [0.15, 0.2) is 0 Å². The quantitative estimate of drug-likeness (QED) is 0.682. The van der Waals surface area contributed by atoms with E-state index in [4.69, 9.17) is 0 Å². The average molecular weight is 320 g/mol. The standard InChI is InChI=1S/C15H24N6O2/c1-19-8-12(9-19)21-7-11(6-14(21)22)15(23)16-5-3-4-13-17-10-18-20(13)2/h10-12H,3-9H2,1-2H3,(H,16,23). The van der Waals surface area contributed by atoms with Gasteiger partial charge in [-0.3, -0.25) is 14.3 Å². The molecule has 0 spiro atoms. The third-order valence-corrected chi connectivity index (χ3v) is 4.70. The first-order valence-corrected chi connectivity index (χ1v) is 8.13. The molecule has 1 aromatic rings. The molecule has 2 aliphatic heterocycles. The number of amides is 2. The van der Waals surface area contributed by atoms with E-state index < -0.39 is 0 Å². The summed E-state index contributed by atoms with van der Waals surface area (Å²) < 4.78 is 1.74. The summed E-state index contributed by atoms with van der Waals surface area (Å²) in [5, 5.41) is 6.96. The number of carbonyl (C=O) groups is 2. The molecule has 2 saturated heterocycles. The fourth-order valence-electron chi connectivity index (χ4n) is 3.27. The third kappa shape index (κ3) is 3.52. The van der Waals surface area contributed by atoms with Gasteiger partial charge < -0.3 is 15.1 Å². The van der Waals surface area contributed by atoms with Crippen molar-refractivity contribution < 1.29 is 9.59 Å². The number of nitrogens with zero attached hydrogens (tertiary/aromatic N) is 5. The molecule has 2 aliphatic rings. The predicted octanol–water partition coefficient (Wildman–Crippen LogP) is -0.974. The van der Waals surface area contributed by atoms with E-state index in [-0.39, 0.29) is 17.7 Å². The molecule has 0 bridgehead atoms. The van der Waals surface area contributed by atoms with Gasteiger partial charge >= 0.3 is 0 Å². The van der Waals surface area contributed by atoms with E-state index in [9.17, 15) is 9.59 Å². The summed E-state index contributed by atoms with van der Waals surface area (Å²) in [5.74, 6) is 0.813. The average Bonchev–Trinajstić information content (AvgIpc) is 3.06. The lowest BCUT2D eigenvalue weighted by molar-refractivity contribution is -0.132. The summed E-state index contributed by atoms with van der Waals surface area (Å²) in [6, 6.07) is 0.293. The third-order valence-electron chi connectivity index (χ3n) is 4.70. The van der Waals surface area contributed by atoms with Crippen molar-refractivity contribution in [2.24, 2.45) is 13.0 Å². The smallest absolute Gasteiger partial charge is 0.225 e. The Morgan fingerprint density at radius 1 is 1.35 bits per heavy atom. The van der Waals surface area contributed by atoms with Gasteiger partial charge in [-0.15, -0.1) is 0 Å². The molecular weight excluding hydrogens is 296 g/mol. The van der Waals surface area contributed by atoms with E-state index in [0.717, 1.165) is 31.8 Å². The molecule has 1 aromatic heterocycles. The monoisotopic (exact) mass is 320 g/mol. The highest BCUT2D eigenvalue weighted by molar-refractivity contribution is 5.89. The first-order chi connectivity index (χ1) is 11.0. The van der Waals surface area contributed by atoms with Gasteiger partial charge in [0.05, 0.1) is 12.0 Å². The van der Waals surface area contributed by atoms with Crippen molar-refractivity contribution in [3.63, 3.8) is 0 Å². The van der Waals surface area contributed by atoms with Crippen molar-refractivity contribution in [2.45, 2.75) is 25.3 Å². The van der Waals surface area contributed by atoms with Crippen LogP contribution in [-0.2, 0) is 23.1 Å². The number of hydrogen-bond donors (Lipinski definition) is 1. The van der Waals surface area contributed by atoms with Crippen LogP contribution in [0.5, 0.6) is 0 Å². The molecule has 3 heterocycles. The molecule has 0 aliphatic carbocycles. The Labute approximate surface area is 135 Å². The van der Waals surface area contributed by atoms with Crippen molar-refractivity contribution in [1.82, 2.24) is 29.9 Å². The van der Waals surface area contributed by atoms with Gasteiger partial charge in [0.2, 0.25) is 11.8 Å². The van der Waals surface area contributed by atoms with Gasteiger partial charge in [0.25, 0.3) is 0 Å². The maximum absolute atomic E-state index is 12.2. The van der Waals surface area contributed by atoms with Crippen LogP contribution in [0.2, 0.25) is 0 Å². The Morgan fingerprint density at radius 3 is 2.78 bits per heavy atom. The molecule has 23 heavy (non-hydrogen) atoms. The number of likely N-dealkylation sites (tertiary alicyclic amines) is 2. The highest BCUT2D eigenvalue weighted by Gasteiger charge is 2.41. The SMILES string of the molecule is CN1CC(N2CC(C(=O)NCCCc3ncnn3C)CC2=O)C1. The minimum atomic E-state index is -0.205. The zero-order chi connectivity index (χ0) is 16.4. The molecule has 0 radical (unpaired) electrons. The molecule has 3 rings (SSSR count). The van der Waals surface area contributed by atoms with Gasteiger partial charge in [-0.2, -0.15) is 5.10 Å². The number of rotatable bonds is 6. The zero-order valence-corrected chi connectivity index (χ0v) is 13.7. The van der Waals surface area contributed by atoms with Crippen molar-refractivity contribution in [3.05, 3.63) is 12.2 Å². The first kappa shape index (κ1) is 15.9. The number of likely N-dealkylation sites (N-methyl/N-ethyl adjacent to an activating group) is 1. The maximum atomic E-state index is 12.2. The number of nitrogens with one attached hydrogen (secondary N) is 1. The number of aromatic nitrogens is 3. The predicted molar refractivity (Wildman–Crippen MR) is 83.4 cm³/mol. The lowest BCUT2D eigenvalue weighted by Gasteiger charge is -2.42. The Hall–Kier alpha value is -1.96. The number of carbonyl (C=O) groups excluding carboxylic acids is 2. The van der Waals surface area contributed by atoms with Crippen LogP contribution in [0.3, 0.4) is 0 Å². The van der Waals surface area contributed by atoms with E-state index in [2.05, 4.69) is 20.3 Å². The lowest BCUT2D eigenvalue weighted by atomic mass is 10.1. The number of aryl methyl sites for hydroxylation is 2. The van der Waals surface area contributed by atoms with Gasteiger partial charge in [0.1, 0.15) is 12.2 Å². The molecule has 1 unspecified atom stereocenters. The summed E-state index contributed by atoms with van der Waals surface area (Å²) >= 11 is 0. The Morgan fingerprint density at radius 2 is 2.13 bits per heavy atom. The minimum absolute atomic E-state index is 0.00788. The van der Waals surface area contributed by atoms with Crippen molar-refractivity contribution in [3.8, 4) is 0 Å². The van der Waals surface area contributed by atoms with Crippen molar-refractivity contribution >= 4 is 11.8 Å². The van der Waals surface area contributed by atoms with Crippen LogP contribution >= 0.6 is 0 Å². The molecule has 1 atom stereocenters. The number of hydrogen-bond acceptors (Lipinski definition) is 5. The summed E-state index contributed by atoms with van der Waals surface area (Å²) in [4.78, 5) is 32.5. The van der Waals surface area contributed by atoms with E-state index in [0.29, 0.717) is 25.6 Å². The molecule has 2 fully saturated rings. The largest absolute Gasteiger partial charge is 0.356 e. The molecular formula is C15H24N6O2. The van der Waals surface area contributed by atoms with Crippen LogP contribution in [0.1, 0.15) is 18.7 Å². The molecule has 8 nitrogen and oxygen atoms in total. The zero-order valence-electron chi connectivity index (χ0n) is 13.7. The second kappa shape index (κ2) is 6.66. The topological polar surface area (TPSA) is 83.4 Å². The molecule has 8 heteroatoms. The molecule has 0 saturated carbocycles. The van der Waals surface area contributed by atoms with Gasteiger partial charge in [-0.05, 0) is 13.5 Å². The lowest BCUT2D eigenvalue weighted by Crippen LogP contribution is -2.58. The fourth-order valence-corrected chi connectivity index (χ4v) is 3.27. The molecule has 1 N–H and O–H groups in total. The van der Waals surface area contributed by atoms with Crippen LogP contribution in [0.4, 0.5) is 0 Å². The van der Waals surface area contributed by atoms with Gasteiger partial charge in [0, 0.05) is 46.1 Å².